The average molecular weight is 386 g/mol. The molecule has 1 aliphatic carbocycles. The van der Waals surface area contributed by atoms with E-state index >= 15 is 0 Å². The van der Waals surface area contributed by atoms with E-state index in [2.05, 4.69) is 9.71 Å². The molecule has 3 rings (SSSR count). The summed E-state index contributed by atoms with van der Waals surface area (Å²) in [6.07, 6.45) is 1.47. The van der Waals surface area contributed by atoms with E-state index in [-0.39, 0.29) is 17.6 Å². The first-order chi connectivity index (χ1) is 11.3. The topological polar surface area (TPSA) is 79.4 Å². The Balaban J connectivity index is 1.64. The number of likely N-dealkylation sites (N-methyl/N-ethyl adjacent to an activating group) is 1. The highest BCUT2D eigenvalue weighted by Gasteiger charge is 2.36. The fourth-order valence-electron chi connectivity index (χ4n) is 2.12. The third-order valence-electron chi connectivity index (χ3n) is 3.65. The molecule has 0 bridgehead atoms. The quantitative estimate of drug-likeness (QED) is 0.829. The number of benzene rings is 1. The first kappa shape index (κ1) is 17.2. The van der Waals surface area contributed by atoms with Crippen LogP contribution in [0.1, 0.15) is 18.5 Å². The monoisotopic (exact) mass is 385 g/mol. The Labute approximate surface area is 149 Å². The minimum absolute atomic E-state index is 0.0880. The average Bonchev–Trinajstić information content (AvgIpc) is 3.30. The van der Waals surface area contributed by atoms with Crippen LogP contribution in [0.25, 0.3) is 0 Å². The number of sulfonamides is 1. The summed E-state index contributed by atoms with van der Waals surface area (Å²) in [7, 11) is -1.67. The molecule has 0 spiro atoms. The van der Waals surface area contributed by atoms with Gasteiger partial charge in [0.2, 0.25) is 15.9 Å². The largest absolute Gasteiger partial charge is 0.315 e. The van der Waals surface area contributed by atoms with Gasteiger partial charge in [0.15, 0.2) is 5.13 Å². The summed E-state index contributed by atoms with van der Waals surface area (Å²) < 4.78 is 26.3. The maximum absolute atomic E-state index is 12.3. The van der Waals surface area contributed by atoms with Crippen molar-refractivity contribution < 1.29 is 13.2 Å². The van der Waals surface area contributed by atoms with Gasteiger partial charge in [0.1, 0.15) is 0 Å². The zero-order chi connectivity index (χ0) is 17.3. The van der Waals surface area contributed by atoms with E-state index in [4.69, 9.17) is 11.6 Å². The molecule has 1 aromatic heterocycles. The lowest BCUT2D eigenvalue weighted by atomic mass is 10.2. The summed E-state index contributed by atoms with van der Waals surface area (Å²) in [4.78, 5) is 18.0. The number of hydrogen-bond acceptors (Lipinski definition) is 5. The van der Waals surface area contributed by atoms with Gasteiger partial charge in [-0.1, -0.05) is 17.7 Å². The molecular formula is C15H16ClN3O3S2. The van der Waals surface area contributed by atoms with E-state index < -0.39 is 10.0 Å². The van der Waals surface area contributed by atoms with Crippen LogP contribution in [-0.4, -0.2) is 31.6 Å². The highest BCUT2D eigenvalue weighted by atomic mass is 35.5. The number of amides is 1. The van der Waals surface area contributed by atoms with Crippen molar-refractivity contribution in [1.29, 1.82) is 0 Å². The van der Waals surface area contributed by atoms with Crippen LogP contribution >= 0.6 is 22.9 Å². The maximum atomic E-state index is 12.3. The third kappa shape index (κ3) is 4.06. The molecule has 1 aliphatic rings. The SMILES string of the molecule is CN(C(=O)Cc1csc(NS(=O)(=O)C2CC2)n1)c1cccc(Cl)c1. The second-order valence-corrected chi connectivity index (χ2v) is 8.86. The molecule has 1 N–H and O–H groups in total. The number of hydrogen-bond donors (Lipinski definition) is 1. The number of carbonyl (C=O) groups is 1. The summed E-state index contributed by atoms with van der Waals surface area (Å²) in [5, 5.41) is 2.24. The molecule has 0 atom stereocenters. The van der Waals surface area contributed by atoms with Crippen molar-refractivity contribution in [3.05, 3.63) is 40.4 Å². The van der Waals surface area contributed by atoms with Gasteiger partial charge in [-0.05, 0) is 31.0 Å². The summed E-state index contributed by atoms with van der Waals surface area (Å²) >= 11 is 7.12. The van der Waals surface area contributed by atoms with Crippen LogP contribution in [0.2, 0.25) is 5.02 Å². The standard InChI is InChI=1S/C15H16ClN3O3S2/c1-19(12-4-2-3-10(16)7-12)14(20)8-11-9-23-15(17-11)18-24(21,22)13-5-6-13/h2-4,7,9,13H,5-6,8H2,1H3,(H,17,18). The number of anilines is 2. The molecule has 6 nitrogen and oxygen atoms in total. The van der Waals surface area contributed by atoms with E-state index in [1.807, 2.05) is 0 Å². The van der Waals surface area contributed by atoms with E-state index in [1.165, 1.54) is 16.2 Å². The van der Waals surface area contributed by atoms with Gasteiger partial charge in [0, 0.05) is 23.1 Å². The molecule has 1 heterocycles. The lowest BCUT2D eigenvalue weighted by Gasteiger charge is -2.17. The summed E-state index contributed by atoms with van der Waals surface area (Å²) in [5.74, 6) is -0.154. The van der Waals surface area contributed by atoms with E-state index in [0.29, 0.717) is 34.4 Å². The second-order valence-electron chi connectivity index (χ2n) is 5.60. The number of rotatable bonds is 6. The minimum atomic E-state index is -3.33. The molecule has 1 amide bonds. The Hall–Kier alpha value is -1.64. The lowest BCUT2D eigenvalue weighted by molar-refractivity contribution is -0.117. The van der Waals surface area contributed by atoms with Crippen LogP contribution in [0.15, 0.2) is 29.6 Å². The minimum Gasteiger partial charge on any atom is -0.315 e. The molecule has 2 aromatic rings. The molecule has 0 aliphatic heterocycles. The van der Waals surface area contributed by atoms with Crippen LogP contribution < -0.4 is 9.62 Å². The Kier molecular flexibility index (Phi) is 4.80. The van der Waals surface area contributed by atoms with E-state index in [1.54, 1.807) is 36.7 Å². The predicted molar refractivity (Wildman–Crippen MR) is 96.2 cm³/mol. The molecular weight excluding hydrogens is 370 g/mol. The molecule has 1 aromatic carbocycles. The zero-order valence-corrected chi connectivity index (χ0v) is 15.3. The fraction of sp³-hybridized carbons (Fsp3) is 0.333. The molecule has 128 valence electrons. The van der Waals surface area contributed by atoms with Crippen molar-refractivity contribution in [2.24, 2.45) is 0 Å². The van der Waals surface area contributed by atoms with E-state index in [9.17, 15) is 13.2 Å². The van der Waals surface area contributed by atoms with Gasteiger partial charge in [-0.25, -0.2) is 13.4 Å². The number of nitrogens with one attached hydrogen (secondary N) is 1. The Morgan fingerprint density at radius 1 is 1.46 bits per heavy atom. The Morgan fingerprint density at radius 3 is 2.88 bits per heavy atom. The highest BCUT2D eigenvalue weighted by molar-refractivity contribution is 7.93. The van der Waals surface area contributed by atoms with Crippen LogP contribution in [0, 0.1) is 0 Å². The molecule has 0 unspecified atom stereocenters. The molecule has 24 heavy (non-hydrogen) atoms. The van der Waals surface area contributed by atoms with Gasteiger partial charge >= 0.3 is 0 Å². The number of nitrogens with zero attached hydrogens (tertiary/aromatic N) is 2. The van der Waals surface area contributed by atoms with E-state index in [0.717, 1.165) is 0 Å². The van der Waals surface area contributed by atoms with Crippen LogP contribution in [-0.2, 0) is 21.2 Å². The Bertz CT molecular complexity index is 862. The van der Waals surface area contributed by atoms with Gasteiger partial charge in [0.25, 0.3) is 0 Å². The van der Waals surface area contributed by atoms with Crippen molar-refractivity contribution in [3.63, 3.8) is 0 Å². The van der Waals surface area contributed by atoms with Crippen molar-refractivity contribution >= 4 is 49.7 Å². The zero-order valence-electron chi connectivity index (χ0n) is 12.9. The van der Waals surface area contributed by atoms with Crippen LogP contribution in [0.4, 0.5) is 10.8 Å². The number of halogens is 1. The number of carbonyl (C=O) groups excluding carboxylic acids is 1. The summed E-state index contributed by atoms with van der Waals surface area (Å²) in [5.41, 5.74) is 1.23. The normalized spacial score (nSPS) is 14.4. The Morgan fingerprint density at radius 2 is 2.21 bits per heavy atom. The fourth-order valence-corrected chi connectivity index (χ4v) is 4.61. The van der Waals surface area contributed by atoms with Gasteiger partial charge in [-0.3, -0.25) is 9.52 Å². The first-order valence-corrected chi connectivity index (χ1v) is 10.1. The smallest absolute Gasteiger partial charge is 0.237 e. The van der Waals surface area contributed by atoms with Gasteiger partial charge < -0.3 is 4.90 Å². The lowest BCUT2D eigenvalue weighted by Crippen LogP contribution is -2.27. The summed E-state index contributed by atoms with van der Waals surface area (Å²) in [6.45, 7) is 0. The summed E-state index contributed by atoms with van der Waals surface area (Å²) in [6, 6.07) is 7.01. The second kappa shape index (κ2) is 6.70. The van der Waals surface area contributed by atoms with Gasteiger partial charge in [0.05, 0.1) is 17.4 Å². The van der Waals surface area contributed by atoms with Crippen LogP contribution in [0.5, 0.6) is 0 Å². The van der Waals surface area contributed by atoms with Crippen molar-refractivity contribution in [3.8, 4) is 0 Å². The number of aromatic nitrogens is 1. The molecule has 1 fully saturated rings. The van der Waals surface area contributed by atoms with Crippen molar-refractivity contribution in [2.45, 2.75) is 24.5 Å². The third-order valence-corrected chi connectivity index (χ3v) is 6.64. The molecule has 0 radical (unpaired) electrons. The van der Waals surface area contributed by atoms with Gasteiger partial charge in [-0.15, -0.1) is 11.3 Å². The first-order valence-electron chi connectivity index (χ1n) is 7.33. The maximum Gasteiger partial charge on any atom is 0.237 e. The van der Waals surface area contributed by atoms with Gasteiger partial charge in [-0.2, -0.15) is 0 Å². The molecule has 1 saturated carbocycles. The van der Waals surface area contributed by atoms with Crippen molar-refractivity contribution in [1.82, 2.24) is 4.98 Å². The molecule has 0 saturated heterocycles. The van der Waals surface area contributed by atoms with Crippen LogP contribution in [0.3, 0.4) is 0 Å². The predicted octanol–water partition coefficient (Wildman–Crippen LogP) is 2.91. The molecule has 9 heteroatoms. The highest BCUT2D eigenvalue weighted by Crippen LogP contribution is 2.30. The number of thiazole rings is 1. The van der Waals surface area contributed by atoms with Crippen molar-refractivity contribution in [2.75, 3.05) is 16.7 Å².